The Bertz CT molecular complexity index is 498. The van der Waals surface area contributed by atoms with E-state index >= 15 is 0 Å². The molecular formula is C17H23NO2. The molecule has 0 aromatic heterocycles. The zero-order valence-electron chi connectivity index (χ0n) is 12.0. The number of fused-ring (bicyclic) bond motifs is 1. The summed E-state index contributed by atoms with van der Waals surface area (Å²) in [4.78, 5) is 13.4. The van der Waals surface area contributed by atoms with Crippen molar-refractivity contribution in [3.63, 3.8) is 0 Å². The predicted molar refractivity (Wildman–Crippen MR) is 79.0 cm³/mol. The third kappa shape index (κ3) is 3.04. The van der Waals surface area contributed by atoms with Crippen molar-refractivity contribution >= 4 is 5.97 Å². The second-order valence-corrected chi connectivity index (χ2v) is 6.18. The van der Waals surface area contributed by atoms with Crippen LogP contribution in [-0.4, -0.2) is 35.6 Å². The molecule has 0 saturated carbocycles. The van der Waals surface area contributed by atoms with Gasteiger partial charge in [0.2, 0.25) is 0 Å². The number of rotatable bonds is 4. The van der Waals surface area contributed by atoms with E-state index in [0.29, 0.717) is 0 Å². The average Bonchev–Trinajstić information content (AvgIpc) is 2.93. The fourth-order valence-corrected chi connectivity index (χ4v) is 3.53. The Balaban J connectivity index is 1.55. The Kier molecular flexibility index (Phi) is 4.06. The minimum Gasteiger partial charge on any atom is -0.481 e. The summed E-state index contributed by atoms with van der Waals surface area (Å²) >= 11 is 0. The van der Waals surface area contributed by atoms with E-state index in [9.17, 15) is 4.79 Å². The van der Waals surface area contributed by atoms with E-state index in [1.807, 2.05) is 0 Å². The van der Waals surface area contributed by atoms with Crippen molar-refractivity contribution in [1.29, 1.82) is 0 Å². The quantitative estimate of drug-likeness (QED) is 0.916. The van der Waals surface area contributed by atoms with Gasteiger partial charge >= 0.3 is 5.97 Å². The molecule has 1 aromatic rings. The number of hydrogen-bond acceptors (Lipinski definition) is 2. The Morgan fingerprint density at radius 3 is 2.95 bits per heavy atom. The molecule has 0 amide bonds. The summed E-state index contributed by atoms with van der Waals surface area (Å²) < 4.78 is 0. The Labute approximate surface area is 120 Å². The lowest BCUT2D eigenvalue weighted by atomic mass is 9.97. The predicted octanol–water partition coefficient (Wildman–Crippen LogP) is 2.51. The van der Waals surface area contributed by atoms with Gasteiger partial charge in [0, 0.05) is 13.1 Å². The highest BCUT2D eigenvalue weighted by Gasteiger charge is 2.24. The molecule has 108 valence electrons. The molecule has 1 N–H and O–H groups in total. The number of aryl methyl sites for hydroxylation is 2. The molecule has 1 heterocycles. The van der Waals surface area contributed by atoms with Crippen molar-refractivity contribution in [3.05, 3.63) is 34.9 Å². The highest BCUT2D eigenvalue weighted by atomic mass is 16.4. The molecule has 1 unspecified atom stereocenters. The SMILES string of the molecule is O=C(O)C1CCCN(CCc2ccc3c(c2)CCC3)C1. The van der Waals surface area contributed by atoms with Gasteiger partial charge in [0.1, 0.15) is 0 Å². The lowest BCUT2D eigenvalue weighted by molar-refractivity contribution is -0.143. The van der Waals surface area contributed by atoms with Crippen LogP contribution in [0.15, 0.2) is 18.2 Å². The topological polar surface area (TPSA) is 40.5 Å². The molecule has 2 aliphatic rings. The molecule has 1 saturated heterocycles. The van der Waals surface area contributed by atoms with Gasteiger partial charge in [-0.05, 0) is 61.8 Å². The standard InChI is InChI=1S/C17H23NO2/c19-17(20)16-5-2-9-18(12-16)10-8-13-6-7-14-3-1-4-15(14)11-13/h6-7,11,16H,1-5,8-10,12H2,(H,19,20). The van der Waals surface area contributed by atoms with Crippen molar-refractivity contribution in [3.8, 4) is 0 Å². The van der Waals surface area contributed by atoms with Gasteiger partial charge in [0.15, 0.2) is 0 Å². The maximum Gasteiger partial charge on any atom is 0.307 e. The number of benzene rings is 1. The van der Waals surface area contributed by atoms with Gasteiger partial charge in [0.25, 0.3) is 0 Å². The summed E-state index contributed by atoms with van der Waals surface area (Å²) in [6.07, 6.45) is 6.66. The molecule has 0 spiro atoms. The number of carboxylic acids is 1. The van der Waals surface area contributed by atoms with Crippen molar-refractivity contribution < 1.29 is 9.90 Å². The maximum absolute atomic E-state index is 11.1. The maximum atomic E-state index is 11.1. The van der Waals surface area contributed by atoms with Crippen molar-refractivity contribution in [1.82, 2.24) is 4.90 Å². The molecule has 3 rings (SSSR count). The third-order valence-corrected chi connectivity index (χ3v) is 4.73. The molecule has 0 radical (unpaired) electrons. The summed E-state index contributed by atoms with van der Waals surface area (Å²) in [5.74, 6) is -0.795. The minimum absolute atomic E-state index is 0.163. The van der Waals surface area contributed by atoms with E-state index in [1.165, 1.54) is 36.0 Å². The Hall–Kier alpha value is -1.35. The highest BCUT2D eigenvalue weighted by Crippen LogP contribution is 2.23. The van der Waals surface area contributed by atoms with Gasteiger partial charge in [-0.1, -0.05) is 18.2 Å². The van der Waals surface area contributed by atoms with Crippen LogP contribution >= 0.6 is 0 Å². The fourth-order valence-electron chi connectivity index (χ4n) is 3.53. The first-order valence-corrected chi connectivity index (χ1v) is 7.78. The third-order valence-electron chi connectivity index (χ3n) is 4.73. The van der Waals surface area contributed by atoms with Gasteiger partial charge in [0.05, 0.1) is 5.92 Å². The number of carboxylic acid groups (broad SMARTS) is 1. The van der Waals surface area contributed by atoms with Crippen LogP contribution in [0.1, 0.15) is 36.0 Å². The van der Waals surface area contributed by atoms with Crippen LogP contribution in [-0.2, 0) is 24.1 Å². The fraction of sp³-hybridized carbons (Fsp3) is 0.588. The number of aliphatic carboxylic acids is 1. The molecule has 1 fully saturated rings. The molecular weight excluding hydrogens is 250 g/mol. The highest BCUT2D eigenvalue weighted by molar-refractivity contribution is 5.70. The van der Waals surface area contributed by atoms with Crippen LogP contribution < -0.4 is 0 Å². The van der Waals surface area contributed by atoms with Gasteiger partial charge in [-0.25, -0.2) is 0 Å². The molecule has 1 aliphatic carbocycles. The van der Waals surface area contributed by atoms with Gasteiger partial charge in [-0.3, -0.25) is 4.79 Å². The smallest absolute Gasteiger partial charge is 0.307 e. The monoisotopic (exact) mass is 273 g/mol. The second kappa shape index (κ2) is 5.96. The minimum atomic E-state index is -0.632. The van der Waals surface area contributed by atoms with Crippen LogP contribution in [0, 0.1) is 5.92 Å². The molecule has 1 aromatic carbocycles. The van der Waals surface area contributed by atoms with Crippen LogP contribution in [0.3, 0.4) is 0 Å². The molecule has 20 heavy (non-hydrogen) atoms. The lowest BCUT2D eigenvalue weighted by Gasteiger charge is -2.30. The van der Waals surface area contributed by atoms with Crippen molar-refractivity contribution in [2.24, 2.45) is 5.92 Å². The summed E-state index contributed by atoms with van der Waals surface area (Å²) in [5, 5.41) is 9.12. The van der Waals surface area contributed by atoms with E-state index in [4.69, 9.17) is 5.11 Å². The van der Waals surface area contributed by atoms with Crippen LogP contribution in [0.4, 0.5) is 0 Å². The normalized spacial score (nSPS) is 22.7. The number of nitrogens with zero attached hydrogens (tertiary/aromatic N) is 1. The van der Waals surface area contributed by atoms with E-state index in [1.54, 1.807) is 0 Å². The first-order valence-electron chi connectivity index (χ1n) is 7.78. The molecule has 1 aliphatic heterocycles. The van der Waals surface area contributed by atoms with Crippen molar-refractivity contribution in [2.45, 2.75) is 38.5 Å². The van der Waals surface area contributed by atoms with Gasteiger partial charge < -0.3 is 10.0 Å². The number of carbonyl (C=O) groups is 1. The lowest BCUT2D eigenvalue weighted by Crippen LogP contribution is -2.39. The van der Waals surface area contributed by atoms with Crippen LogP contribution in [0.5, 0.6) is 0 Å². The van der Waals surface area contributed by atoms with Crippen LogP contribution in [0.2, 0.25) is 0 Å². The first kappa shape index (κ1) is 13.6. The molecule has 0 bridgehead atoms. The first-order chi connectivity index (χ1) is 9.72. The summed E-state index contributed by atoms with van der Waals surface area (Å²) in [5.41, 5.74) is 4.46. The van der Waals surface area contributed by atoms with Crippen molar-refractivity contribution in [2.75, 3.05) is 19.6 Å². The number of likely N-dealkylation sites (tertiary alicyclic amines) is 1. The Morgan fingerprint density at radius 1 is 1.25 bits per heavy atom. The molecule has 3 heteroatoms. The van der Waals surface area contributed by atoms with E-state index in [-0.39, 0.29) is 5.92 Å². The summed E-state index contributed by atoms with van der Waals surface area (Å²) in [6.45, 7) is 2.76. The zero-order valence-corrected chi connectivity index (χ0v) is 12.0. The Morgan fingerprint density at radius 2 is 2.10 bits per heavy atom. The largest absolute Gasteiger partial charge is 0.481 e. The van der Waals surface area contributed by atoms with E-state index in [2.05, 4.69) is 23.1 Å². The zero-order chi connectivity index (χ0) is 13.9. The van der Waals surface area contributed by atoms with Gasteiger partial charge in [-0.15, -0.1) is 0 Å². The number of piperidine rings is 1. The molecule has 3 nitrogen and oxygen atoms in total. The van der Waals surface area contributed by atoms with Crippen LogP contribution in [0.25, 0.3) is 0 Å². The molecule has 1 atom stereocenters. The summed E-state index contributed by atoms with van der Waals surface area (Å²) in [6, 6.07) is 6.90. The van der Waals surface area contributed by atoms with Gasteiger partial charge in [-0.2, -0.15) is 0 Å². The second-order valence-electron chi connectivity index (χ2n) is 6.18. The summed E-state index contributed by atoms with van der Waals surface area (Å²) in [7, 11) is 0. The van der Waals surface area contributed by atoms with E-state index in [0.717, 1.165) is 38.9 Å². The average molecular weight is 273 g/mol. The number of hydrogen-bond donors (Lipinski definition) is 1. The van der Waals surface area contributed by atoms with E-state index < -0.39 is 5.97 Å².